The van der Waals surface area contributed by atoms with Gasteiger partial charge < -0.3 is 19.5 Å². The lowest BCUT2D eigenvalue weighted by Crippen LogP contribution is -2.49. The van der Waals surface area contributed by atoms with Crippen LogP contribution in [-0.2, 0) is 16.0 Å². The van der Waals surface area contributed by atoms with E-state index < -0.39 is 12.0 Å². The normalized spacial score (nSPS) is 17.2. The number of methoxy groups -OCH3 is 1. The summed E-state index contributed by atoms with van der Waals surface area (Å²) in [5, 5.41) is 9.24. The monoisotopic (exact) mass is 333 g/mol. The standard InChI is InChI=1S/C18H23NO5/c1-3-6-13-8-9-15(16(11-13)23-2)24-12-17(20)19-10-5-4-7-14(19)18(21)22/h3,8-9,11,14H,1,4-7,10,12H2,2H3,(H,21,22). The highest BCUT2D eigenvalue weighted by Gasteiger charge is 2.32. The van der Waals surface area contributed by atoms with E-state index in [2.05, 4.69) is 6.58 Å². The molecule has 1 aliphatic rings. The van der Waals surface area contributed by atoms with Crippen LogP contribution in [0.2, 0.25) is 0 Å². The van der Waals surface area contributed by atoms with E-state index in [4.69, 9.17) is 9.47 Å². The van der Waals surface area contributed by atoms with Crippen molar-refractivity contribution in [1.82, 2.24) is 4.90 Å². The average Bonchev–Trinajstić information content (AvgIpc) is 2.60. The highest BCUT2D eigenvalue weighted by atomic mass is 16.5. The molecule has 1 atom stereocenters. The molecule has 24 heavy (non-hydrogen) atoms. The predicted molar refractivity (Wildman–Crippen MR) is 89.4 cm³/mol. The van der Waals surface area contributed by atoms with E-state index in [1.54, 1.807) is 12.1 Å². The summed E-state index contributed by atoms with van der Waals surface area (Å²) in [6.45, 7) is 3.94. The number of nitrogens with zero attached hydrogens (tertiary/aromatic N) is 1. The maximum Gasteiger partial charge on any atom is 0.326 e. The summed E-state index contributed by atoms with van der Waals surface area (Å²) in [7, 11) is 1.53. The largest absolute Gasteiger partial charge is 0.493 e. The smallest absolute Gasteiger partial charge is 0.326 e. The number of carboxylic acids is 1. The molecule has 1 fully saturated rings. The number of benzene rings is 1. The van der Waals surface area contributed by atoms with Gasteiger partial charge in [-0.3, -0.25) is 4.79 Å². The third-order valence-corrected chi connectivity index (χ3v) is 4.07. The number of hydrogen-bond acceptors (Lipinski definition) is 4. The number of ether oxygens (including phenoxy) is 2. The van der Waals surface area contributed by atoms with Crippen LogP contribution in [0.4, 0.5) is 0 Å². The first kappa shape index (κ1) is 17.8. The number of carbonyl (C=O) groups is 2. The van der Waals surface area contributed by atoms with Crippen LogP contribution in [0.3, 0.4) is 0 Å². The Balaban J connectivity index is 2.02. The van der Waals surface area contributed by atoms with E-state index >= 15 is 0 Å². The van der Waals surface area contributed by atoms with Crippen LogP contribution in [0.5, 0.6) is 11.5 Å². The van der Waals surface area contributed by atoms with Crippen molar-refractivity contribution in [2.75, 3.05) is 20.3 Å². The zero-order valence-corrected chi connectivity index (χ0v) is 13.9. The van der Waals surface area contributed by atoms with E-state index in [1.807, 2.05) is 12.1 Å². The zero-order valence-electron chi connectivity index (χ0n) is 13.9. The number of likely N-dealkylation sites (tertiary alicyclic amines) is 1. The SMILES string of the molecule is C=CCc1ccc(OCC(=O)N2CCCCC2C(=O)O)c(OC)c1. The number of rotatable bonds is 7. The maximum atomic E-state index is 12.3. The highest BCUT2D eigenvalue weighted by Crippen LogP contribution is 2.28. The lowest BCUT2D eigenvalue weighted by atomic mass is 10.0. The van der Waals surface area contributed by atoms with E-state index in [1.165, 1.54) is 12.0 Å². The van der Waals surface area contributed by atoms with Gasteiger partial charge in [0.05, 0.1) is 7.11 Å². The van der Waals surface area contributed by atoms with Crippen LogP contribution in [0.25, 0.3) is 0 Å². The molecule has 1 amide bonds. The molecule has 0 bridgehead atoms. The number of allylic oxidation sites excluding steroid dienone is 1. The quantitative estimate of drug-likeness (QED) is 0.775. The first-order chi connectivity index (χ1) is 11.6. The van der Waals surface area contributed by atoms with Gasteiger partial charge in [0.1, 0.15) is 6.04 Å². The number of piperidine rings is 1. The second kappa shape index (κ2) is 8.38. The van der Waals surface area contributed by atoms with E-state index in [9.17, 15) is 14.7 Å². The molecule has 1 aliphatic heterocycles. The summed E-state index contributed by atoms with van der Waals surface area (Å²) in [6.07, 6.45) is 4.63. The maximum absolute atomic E-state index is 12.3. The number of carbonyl (C=O) groups excluding carboxylic acids is 1. The van der Waals surface area contributed by atoms with Crippen molar-refractivity contribution in [2.24, 2.45) is 0 Å². The lowest BCUT2D eigenvalue weighted by Gasteiger charge is -2.32. The van der Waals surface area contributed by atoms with Gasteiger partial charge >= 0.3 is 5.97 Å². The second-order valence-corrected chi connectivity index (χ2v) is 5.70. The first-order valence-corrected chi connectivity index (χ1v) is 7.99. The minimum absolute atomic E-state index is 0.207. The van der Waals surface area contributed by atoms with E-state index in [0.717, 1.165) is 18.4 Å². The lowest BCUT2D eigenvalue weighted by molar-refractivity contribution is -0.152. The Hall–Kier alpha value is -2.50. The summed E-state index contributed by atoms with van der Waals surface area (Å²) in [5.74, 6) is -0.285. The fraction of sp³-hybridized carbons (Fsp3) is 0.444. The Morgan fingerprint density at radius 2 is 2.17 bits per heavy atom. The van der Waals surface area contributed by atoms with Crippen molar-refractivity contribution in [3.63, 3.8) is 0 Å². The Bertz CT molecular complexity index is 613. The number of aliphatic carboxylic acids is 1. The molecule has 130 valence electrons. The van der Waals surface area contributed by atoms with Gasteiger partial charge in [0, 0.05) is 6.54 Å². The van der Waals surface area contributed by atoms with Gasteiger partial charge in [-0.05, 0) is 43.4 Å². The highest BCUT2D eigenvalue weighted by molar-refractivity contribution is 5.84. The fourth-order valence-electron chi connectivity index (χ4n) is 2.83. The number of hydrogen-bond donors (Lipinski definition) is 1. The molecule has 0 radical (unpaired) electrons. The van der Waals surface area contributed by atoms with Gasteiger partial charge in [-0.25, -0.2) is 4.79 Å². The topological polar surface area (TPSA) is 76.1 Å². The Kier molecular flexibility index (Phi) is 6.23. The predicted octanol–water partition coefficient (Wildman–Crippen LogP) is 2.27. The molecule has 1 unspecified atom stereocenters. The minimum Gasteiger partial charge on any atom is -0.493 e. The van der Waals surface area contributed by atoms with Crippen LogP contribution in [-0.4, -0.2) is 48.2 Å². The summed E-state index contributed by atoms with van der Waals surface area (Å²) in [6, 6.07) is 4.70. The molecule has 1 heterocycles. The number of amides is 1. The van der Waals surface area contributed by atoms with Crippen LogP contribution >= 0.6 is 0 Å². The molecule has 0 spiro atoms. The van der Waals surface area contributed by atoms with Crippen molar-refractivity contribution in [2.45, 2.75) is 31.7 Å². The Morgan fingerprint density at radius 1 is 1.38 bits per heavy atom. The molecule has 1 aromatic carbocycles. The molecule has 6 nitrogen and oxygen atoms in total. The van der Waals surface area contributed by atoms with Crippen molar-refractivity contribution in [1.29, 1.82) is 0 Å². The van der Waals surface area contributed by atoms with Gasteiger partial charge in [0.2, 0.25) is 0 Å². The van der Waals surface area contributed by atoms with Crippen LogP contribution < -0.4 is 9.47 Å². The Morgan fingerprint density at radius 3 is 2.83 bits per heavy atom. The van der Waals surface area contributed by atoms with Gasteiger partial charge in [-0.2, -0.15) is 0 Å². The van der Waals surface area contributed by atoms with E-state index in [0.29, 0.717) is 30.9 Å². The molecule has 0 saturated carbocycles. The van der Waals surface area contributed by atoms with Gasteiger partial charge in [0.15, 0.2) is 18.1 Å². The molecule has 1 aromatic rings. The third-order valence-electron chi connectivity index (χ3n) is 4.07. The summed E-state index contributed by atoms with van der Waals surface area (Å²) in [4.78, 5) is 25.0. The molecule has 2 rings (SSSR count). The third kappa shape index (κ3) is 4.28. The molecule has 0 aromatic heterocycles. The van der Waals surface area contributed by atoms with Crippen molar-refractivity contribution in [3.8, 4) is 11.5 Å². The van der Waals surface area contributed by atoms with Crippen molar-refractivity contribution in [3.05, 3.63) is 36.4 Å². The summed E-state index contributed by atoms with van der Waals surface area (Å²) in [5.41, 5.74) is 1.03. The van der Waals surface area contributed by atoms with Crippen LogP contribution in [0.15, 0.2) is 30.9 Å². The zero-order chi connectivity index (χ0) is 17.5. The minimum atomic E-state index is -0.964. The van der Waals surface area contributed by atoms with Crippen LogP contribution in [0.1, 0.15) is 24.8 Å². The molecular formula is C18H23NO5. The van der Waals surface area contributed by atoms with Gasteiger partial charge in [0.25, 0.3) is 5.91 Å². The fourth-order valence-corrected chi connectivity index (χ4v) is 2.83. The summed E-state index contributed by atoms with van der Waals surface area (Å²) < 4.78 is 10.9. The molecule has 1 saturated heterocycles. The Labute approximate surface area is 141 Å². The number of carboxylic acid groups (broad SMARTS) is 1. The molecule has 1 N–H and O–H groups in total. The first-order valence-electron chi connectivity index (χ1n) is 7.99. The van der Waals surface area contributed by atoms with Gasteiger partial charge in [-0.1, -0.05) is 12.1 Å². The average molecular weight is 333 g/mol. The molecule has 0 aliphatic carbocycles. The summed E-state index contributed by atoms with van der Waals surface area (Å²) >= 11 is 0. The van der Waals surface area contributed by atoms with Gasteiger partial charge in [-0.15, -0.1) is 6.58 Å². The second-order valence-electron chi connectivity index (χ2n) is 5.70. The van der Waals surface area contributed by atoms with Crippen molar-refractivity contribution >= 4 is 11.9 Å². The van der Waals surface area contributed by atoms with Crippen molar-refractivity contribution < 1.29 is 24.2 Å². The van der Waals surface area contributed by atoms with Crippen LogP contribution in [0, 0.1) is 0 Å². The van der Waals surface area contributed by atoms with E-state index in [-0.39, 0.29) is 12.5 Å². The molecule has 6 heteroatoms. The molecular weight excluding hydrogens is 310 g/mol.